The Balaban J connectivity index is 2.21. The van der Waals surface area contributed by atoms with Crippen LogP contribution in [-0.4, -0.2) is 52.3 Å². The van der Waals surface area contributed by atoms with Gasteiger partial charge in [-0.2, -0.15) is 15.0 Å². The minimum absolute atomic E-state index is 0.210. The number of aliphatic hydroxyl groups excluding tert-OH is 1. The Hall–Kier alpha value is -1.63. The van der Waals surface area contributed by atoms with Crippen LogP contribution < -0.4 is 15.5 Å². The largest absolute Gasteiger partial charge is 0.393 e. The summed E-state index contributed by atoms with van der Waals surface area (Å²) < 4.78 is 0. The predicted molar refractivity (Wildman–Crippen MR) is 75.3 cm³/mol. The minimum atomic E-state index is -0.210. The third kappa shape index (κ3) is 3.23. The SMILES string of the molecule is CCN(CC)c1nc(N)nc(N2CCC(O)CC2)n1. The minimum Gasteiger partial charge on any atom is -0.393 e. The molecule has 0 aromatic carbocycles. The zero-order chi connectivity index (χ0) is 13.8. The Bertz CT molecular complexity index is 415. The molecule has 19 heavy (non-hydrogen) atoms. The van der Waals surface area contributed by atoms with E-state index in [0.717, 1.165) is 39.0 Å². The van der Waals surface area contributed by atoms with Gasteiger partial charge in [-0.25, -0.2) is 0 Å². The molecule has 0 radical (unpaired) electrons. The average Bonchev–Trinajstić information content (AvgIpc) is 2.40. The lowest BCUT2D eigenvalue weighted by Gasteiger charge is -2.30. The van der Waals surface area contributed by atoms with E-state index in [4.69, 9.17) is 5.73 Å². The second kappa shape index (κ2) is 6.01. The molecule has 0 spiro atoms. The summed E-state index contributed by atoms with van der Waals surface area (Å²) in [7, 11) is 0. The fourth-order valence-electron chi connectivity index (χ4n) is 2.22. The standard InChI is InChI=1S/C12H22N6O/c1-3-17(4-2)11-14-10(13)15-12(16-11)18-7-5-9(19)6-8-18/h9,19H,3-8H2,1-2H3,(H2,13,14,15,16). The van der Waals surface area contributed by atoms with Crippen molar-refractivity contribution in [3.05, 3.63) is 0 Å². The molecule has 0 amide bonds. The molecule has 0 unspecified atom stereocenters. The molecule has 3 N–H and O–H groups in total. The van der Waals surface area contributed by atoms with Gasteiger partial charge in [-0.15, -0.1) is 0 Å². The summed E-state index contributed by atoms with van der Waals surface area (Å²) in [6.45, 7) is 7.28. The number of hydrogen-bond donors (Lipinski definition) is 2. The number of rotatable bonds is 4. The summed E-state index contributed by atoms with van der Waals surface area (Å²) in [4.78, 5) is 17.0. The van der Waals surface area contributed by atoms with Gasteiger partial charge in [0, 0.05) is 26.2 Å². The second-order valence-corrected chi connectivity index (χ2v) is 4.68. The molecule has 0 aliphatic carbocycles. The van der Waals surface area contributed by atoms with Gasteiger partial charge in [-0.1, -0.05) is 0 Å². The van der Waals surface area contributed by atoms with Gasteiger partial charge in [-0.3, -0.25) is 0 Å². The van der Waals surface area contributed by atoms with Gasteiger partial charge in [0.15, 0.2) is 0 Å². The van der Waals surface area contributed by atoms with E-state index in [2.05, 4.69) is 33.7 Å². The van der Waals surface area contributed by atoms with E-state index in [-0.39, 0.29) is 12.1 Å². The predicted octanol–water partition coefficient (Wildman–Crippen LogP) is 0.261. The molecule has 1 aliphatic rings. The van der Waals surface area contributed by atoms with Crippen LogP contribution in [0.1, 0.15) is 26.7 Å². The van der Waals surface area contributed by atoms with Crippen molar-refractivity contribution in [3.8, 4) is 0 Å². The third-order valence-electron chi connectivity index (χ3n) is 3.42. The Kier molecular flexibility index (Phi) is 4.36. The Morgan fingerprint density at radius 2 is 1.84 bits per heavy atom. The quantitative estimate of drug-likeness (QED) is 0.807. The Morgan fingerprint density at radius 1 is 1.21 bits per heavy atom. The van der Waals surface area contributed by atoms with Crippen LogP contribution in [0, 0.1) is 0 Å². The van der Waals surface area contributed by atoms with Crippen molar-refractivity contribution < 1.29 is 5.11 Å². The summed E-state index contributed by atoms with van der Waals surface area (Å²) >= 11 is 0. The number of nitrogen functional groups attached to an aromatic ring is 1. The van der Waals surface area contributed by atoms with E-state index in [9.17, 15) is 5.11 Å². The number of aromatic nitrogens is 3. The summed E-state index contributed by atoms with van der Waals surface area (Å²) in [5, 5.41) is 9.53. The van der Waals surface area contributed by atoms with Gasteiger partial charge in [0.1, 0.15) is 0 Å². The van der Waals surface area contributed by atoms with E-state index in [1.165, 1.54) is 0 Å². The van der Waals surface area contributed by atoms with Gasteiger partial charge in [0.2, 0.25) is 17.8 Å². The first-order valence-corrected chi connectivity index (χ1v) is 6.83. The fraction of sp³-hybridized carbons (Fsp3) is 0.750. The average molecular weight is 266 g/mol. The van der Waals surface area contributed by atoms with Crippen LogP contribution in [0.5, 0.6) is 0 Å². The molecule has 2 rings (SSSR count). The van der Waals surface area contributed by atoms with Crippen molar-refractivity contribution in [2.75, 3.05) is 41.7 Å². The maximum Gasteiger partial charge on any atom is 0.231 e. The lowest BCUT2D eigenvalue weighted by Crippen LogP contribution is -2.37. The van der Waals surface area contributed by atoms with Crippen LogP contribution in [0.15, 0.2) is 0 Å². The smallest absolute Gasteiger partial charge is 0.231 e. The maximum absolute atomic E-state index is 9.53. The highest BCUT2D eigenvalue weighted by Crippen LogP contribution is 2.19. The van der Waals surface area contributed by atoms with Crippen LogP contribution in [0.3, 0.4) is 0 Å². The number of nitrogens with two attached hydrogens (primary N) is 1. The molecule has 7 heteroatoms. The molecule has 7 nitrogen and oxygen atoms in total. The first kappa shape index (κ1) is 13.8. The number of nitrogens with zero attached hydrogens (tertiary/aromatic N) is 5. The molecule has 1 fully saturated rings. The number of anilines is 3. The normalized spacial score (nSPS) is 16.7. The lowest BCUT2D eigenvalue weighted by atomic mass is 10.1. The molecule has 0 saturated carbocycles. The molecule has 106 valence electrons. The highest BCUT2D eigenvalue weighted by molar-refractivity contribution is 5.43. The van der Waals surface area contributed by atoms with Crippen LogP contribution in [-0.2, 0) is 0 Å². The summed E-state index contributed by atoms with van der Waals surface area (Å²) in [5.74, 6) is 1.48. The molecule has 1 aromatic rings. The molecule has 1 aliphatic heterocycles. The Morgan fingerprint density at radius 3 is 2.42 bits per heavy atom. The molecular weight excluding hydrogens is 244 g/mol. The van der Waals surface area contributed by atoms with Crippen molar-refractivity contribution >= 4 is 17.8 Å². The molecule has 0 bridgehead atoms. The van der Waals surface area contributed by atoms with Gasteiger partial charge >= 0.3 is 0 Å². The lowest BCUT2D eigenvalue weighted by molar-refractivity contribution is 0.145. The van der Waals surface area contributed by atoms with E-state index in [1.807, 2.05) is 4.90 Å². The topological polar surface area (TPSA) is 91.4 Å². The Labute approximate surface area is 113 Å². The van der Waals surface area contributed by atoms with Gasteiger partial charge in [0.25, 0.3) is 0 Å². The first-order chi connectivity index (χ1) is 9.13. The van der Waals surface area contributed by atoms with E-state index < -0.39 is 0 Å². The zero-order valence-electron chi connectivity index (χ0n) is 11.6. The van der Waals surface area contributed by atoms with Crippen LogP contribution in [0.4, 0.5) is 17.8 Å². The number of hydrogen-bond acceptors (Lipinski definition) is 7. The monoisotopic (exact) mass is 266 g/mol. The summed E-state index contributed by atoms with van der Waals surface area (Å²) in [6, 6.07) is 0. The van der Waals surface area contributed by atoms with Crippen LogP contribution in [0.25, 0.3) is 0 Å². The van der Waals surface area contributed by atoms with E-state index >= 15 is 0 Å². The molecule has 1 saturated heterocycles. The van der Waals surface area contributed by atoms with Crippen molar-refractivity contribution in [1.29, 1.82) is 0 Å². The number of piperidine rings is 1. The summed E-state index contributed by atoms with van der Waals surface area (Å²) in [5.41, 5.74) is 5.78. The van der Waals surface area contributed by atoms with Crippen molar-refractivity contribution in [1.82, 2.24) is 15.0 Å². The molecule has 2 heterocycles. The van der Waals surface area contributed by atoms with Crippen molar-refractivity contribution in [2.24, 2.45) is 0 Å². The second-order valence-electron chi connectivity index (χ2n) is 4.68. The summed E-state index contributed by atoms with van der Waals surface area (Å²) in [6.07, 6.45) is 1.27. The van der Waals surface area contributed by atoms with E-state index in [0.29, 0.717) is 11.9 Å². The van der Waals surface area contributed by atoms with Gasteiger partial charge in [-0.05, 0) is 26.7 Å². The van der Waals surface area contributed by atoms with Crippen LogP contribution in [0.2, 0.25) is 0 Å². The highest BCUT2D eigenvalue weighted by atomic mass is 16.3. The van der Waals surface area contributed by atoms with Crippen molar-refractivity contribution in [3.63, 3.8) is 0 Å². The maximum atomic E-state index is 9.53. The zero-order valence-corrected chi connectivity index (χ0v) is 11.6. The fourth-order valence-corrected chi connectivity index (χ4v) is 2.22. The number of aliphatic hydroxyl groups is 1. The van der Waals surface area contributed by atoms with Gasteiger partial charge < -0.3 is 20.6 Å². The molecule has 0 atom stereocenters. The van der Waals surface area contributed by atoms with Crippen LogP contribution >= 0.6 is 0 Å². The highest BCUT2D eigenvalue weighted by Gasteiger charge is 2.21. The molecular formula is C12H22N6O. The van der Waals surface area contributed by atoms with Gasteiger partial charge in [0.05, 0.1) is 6.10 Å². The first-order valence-electron chi connectivity index (χ1n) is 6.83. The third-order valence-corrected chi connectivity index (χ3v) is 3.42. The molecule has 1 aromatic heterocycles. The van der Waals surface area contributed by atoms with Crippen molar-refractivity contribution in [2.45, 2.75) is 32.8 Å². The van der Waals surface area contributed by atoms with E-state index in [1.54, 1.807) is 0 Å².